The highest BCUT2D eigenvalue weighted by Gasteiger charge is 2.48. The number of amides is 1. The average Bonchev–Trinajstić information content (AvgIpc) is 3.26. The summed E-state index contributed by atoms with van der Waals surface area (Å²) in [6.45, 7) is 2.30. The number of carbonyl (C=O) groups is 1. The van der Waals surface area contributed by atoms with Crippen molar-refractivity contribution in [1.82, 2.24) is 4.90 Å². The van der Waals surface area contributed by atoms with Crippen LogP contribution in [-0.4, -0.2) is 47.4 Å². The van der Waals surface area contributed by atoms with Crippen LogP contribution in [0.25, 0.3) is 0 Å². The van der Waals surface area contributed by atoms with Crippen LogP contribution in [0.15, 0.2) is 24.3 Å². The number of benzene rings is 1. The number of rotatable bonds is 3. The summed E-state index contributed by atoms with van der Waals surface area (Å²) in [4.78, 5) is 26.6. The van der Waals surface area contributed by atoms with E-state index in [-0.39, 0.29) is 28.9 Å². The Morgan fingerprint density at radius 3 is 2.32 bits per heavy atom. The van der Waals surface area contributed by atoms with Crippen molar-refractivity contribution < 1.29 is 9.72 Å². The maximum Gasteiger partial charge on any atom is 0.292 e. The number of nitrogens with two attached hydrogens (primary N) is 1. The summed E-state index contributed by atoms with van der Waals surface area (Å²) >= 11 is 0. The molecule has 22 heavy (non-hydrogen) atoms. The monoisotopic (exact) mass is 326 g/mol. The number of para-hydroxylation sites is 2. The second-order valence-electron chi connectivity index (χ2n) is 5.68. The molecule has 0 atom stereocenters. The van der Waals surface area contributed by atoms with Crippen molar-refractivity contribution in [3.63, 3.8) is 0 Å². The van der Waals surface area contributed by atoms with E-state index in [2.05, 4.69) is 0 Å². The SMILES string of the molecule is Cl.NC1(C(=O)N2CCN(c3ccccc3[N+](=O)[O-])CC2)CC1. The summed E-state index contributed by atoms with van der Waals surface area (Å²) in [5.41, 5.74) is 6.02. The van der Waals surface area contributed by atoms with E-state index >= 15 is 0 Å². The van der Waals surface area contributed by atoms with Gasteiger partial charge in [0.2, 0.25) is 5.91 Å². The van der Waals surface area contributed by atoms with Crippen molar-refractivity contribution in [3.05, 3.63) is 34.4 Å². The van der Waals surface area contributed by atoms with Gasteiger partial charge in [-0.2, -0.15) is 0 Å². The lowest BCUT2D eigenvalue weighted by Crippen LogP contribution is -2.54. The summed E-state index contributed by atoms with van der Waals surface area (Å²) in [7, 11) is 0. The highest BCUT2D eigenvalue weighted by Crippen LogP contribution is 2.35. The second kappa shape index (κ2) is 6.10. The predicted molar refractivity (Wildman–Crippen MR) is 85.3 cm³/mol. The van der Waals surface area contributed by atoms with Crippen molar-refractivity contribution in [1.29, 1.82) is 0 Å². The number of piperazine rings is 1. The Bertz CT molecular complexity index is 583. The first-order valence-corrected chi connectivity index (χ1v) is 7.08. The van der Waals surface area contributed by atoms with Crippen molar-refractivity contribution in [2.24, 2.45) is 5.73 Å². The fourth-order valence-electron chi connectivity index (χ4n) is 2.70. The molecular weight excluding hydrogens is 308 g/mol. The third-order valence-electron chi connectivity index (χ3n) is 4.20. The number of nitro groups is 1. The van der Waals surface area contributed by atoms with Crippen LogP contribution in [0.3, 0.4) is 0 Å². The normalized spacial score (nSPS) is 19.3. The average molecular weight is 327 g/mol. The zero-order valence-corrected chi connectivity index (χ0v) is 12.9. The van der Waals surface area contributed by atoms with Gasteiger partial charge in [-0.3, -0.25) is 14.9 Å². The molecule has 1 aromatic carbocycles. The second-order valence-corrected chi connectivity index (χ2v) is 5.68. The molecule has 1 heterocycles. The van der Waals surface area contributed by atoms with Crippen LogP contribution >= 0.6 is 12.4 Å². The maximum absolute atomic E-state index is 12.2. The topological polar surface area (TPSA) is 92.7 Å². The Hall–Kier alpha value is -1.86. The number of hydrogen-bond donors (Lipinski definition) is 1. The van der Waals surface area contributed by atoms with Crippen molar-refractivity contribution in [2.75, 3.05) is 31.1 Å². The summed E-state index contributed by atoms with van der Waals surface area (Å²) in [5.74, 6) is 0.0183. The van der Waals surface area contributed by atoms with Gasteiger partial charge in [-0.05, 0) is 18.9 Å². The van der Waals surface area contributed by atoms with Gasteiger partial charge in [0.05, 0.1) is 10.5 Å². The Labute approximate surface area is 134 Å². The quantitative estimate of drug-likeness (QED) is 0.664. The van der Waals surface area contributed by atoms with Gasteiger partial charge in [-0.25, -0.2) is 0 Å². The molecule has 0 radical (unpaired) electrons. The summed E-state index contributed by atoms with van der Waals surface area (Å²) in [6.07, 6.45) is 1.52. The van der Waals surface area contributed by atoms with Crippen LogP contribution in [0.4, 0.5) is 11.4 Å². The van der Waals surface area contributed by atoms with Gasteiger partial charge in [0.15, 0.2) is 0 Å². The lowest BCUT2D eigenvalue weighted by atomic mass is 10.2. The zero-order valence-electron chi connectivity index (χ0n) is 12.1. The molecule has 0 bridgehead atoms. The van der Waals surface area contributed by atoms with Crippen LogP contribution in [0, 0.1) is 10.1 Å². The van der Waals surface area contributed by atoms with E-state index in [4.69, 9.17) is 5.73 Å². The van der Waals surface area contributed by atoms with Crippen LogP contribution in [0.1, 0.15) is 12.8 Å². The van der Waals surface area contributed by atoms with Crippen LogP contribution < -0.4 is 10.6 Å². The lowest BCUT2D eigenvalue weighted by Gasteiger charge is -2.36. The largest absolute Gasteiger partial charge is 0.362 e. The molecule has 2 aliphatic rings. The number of halogens is 1. The van der Waals surface area contributed by atoms with Gasteiger partial charge in [0.25, 0.3) is 5.69 Å². The van der Waals surface area contributed by atoms with Crippen LogP contribution in [-0.2, 0) is 4.79 Å². The maximum atomic E-state index is 12.2. The number of nitrogens with zero attached hydrogens (tertiary/aromatic N) is 3. The van der Waals surface area contributed by atoms with Gasteiger partial charge in [0.1, 0.15) is 5.69 Å². The van der Waals surface area contributed by atoms with Gasteiger partial charge < -0.3 is 15.5 Å². The molecular formula is C14H19ClN4O3. The molecule has 1 saturated carbocycles. The van der Waals surface area contributed by atoms with Gasteiger partial charge in [-0.1, -0.05) is 12.1 Å². The number of nitro benzene ring substituents is 1. The third kappa shape index (κ3) is 3.00. The molecule has 1 aliphatic heterocycles. The first-order chi connectivity index (χ1) is 10.0. The minimum atomic E-state index is -0.638. The number of hydrogen-bond acceptors (Lipinski definition) is 5. The van der Waals surface area contributed by atoms with Crippen LogP contribution in [0.5, 0.6) is 0 Å². The third-order valence-corrected chi connectivity index (χ3v) is 4.20. The van der Waals surface area contributed by atoms with Gasteiger partial charge in [-0.15, -0.1) is 12.4 Å². The highest BCUT2D eigenvalue weighted by atomic mass is 35.5. The smallest absolute Gasteiger partial charge is 0.292 e. The fraction of sp³-hybridized carbons (Fsp3) is 0.500. The Balaban J connectivity index is 0.00000176. The Kier molecular flexibility index (Phi) is 4.58. The lowest BCUT2D eigenvalue weighted by molar-refractivity contribution is -0.384. The van der Waals surface area contributed by atoms with E-state index in [0.29, 0.717) is 31.9 Å². The first-order valence-electron chi connectivity index (χ1n) is 7.08. The van der Waals surface area contributed by atoms with E-state index in [0.717, 1.165) is 12.8 Å². The van der Waals surface area contributed by atoms with E-state index in [9.17, 15) is 14.9 Å². The number of anilines is 1. The fourth-order valence-corrected chi connectivity index (χ4v) is 2.70. The summed E-state index contributed by atoms with van der Waals surface area (Å²) in [5, 5.41) is 11.1. The molecule has 120 valence electrons. The molecule has 2 fully saturated rings. The van der Waals surface area contributed by atoms with Crippen molar-refractivity contribution in [3.8, 4) is 0 Å². The van der Waals surface area contributed by atoms with E-state index in [1.54, 1.807) is 23.1 Å². The molecule has 3 rings (SSSR count). The Morgan fingerprint density at radius 2 is 1.77 bits per heavy atom. The van der Waals surface area contributed by atoms with Gasteiger partial charge >= 0.3 is 0 Å². The van der Waals surface area contributed by atoms with Crippen LogP contribution in [0.2, 0.25) is 0 Å². The van der Waals surface area contributed by atoms with Gasteiger partial charge in [0, 0.05) is 32.2 Å². The highest BCUT2D eigenvalue weighted by molar-refractivity contribution is 5.89. The molecule has 2 N–H and O–H groups in total. The molecule has 1 aromatic rings. The first kappa shape index (κ1) is 16.5. The minimum Gasteiger partial charge on any atom is -0.362 e. The zero-order chi connectivity index (χ0) is 15.0. The molecule has 8 heteroatoms. The molecule has 1 amide bonds. The number of carbonyl (C=O) groups excluding carboxylic acids is 1. The molecule has 1 aliphatic carbocycles. The molecule has 0 aromatic heterocycles. The molecule has 7 nitrogen and oxygen atoms in total. The standard InChI is InChI=1S/C14H18N4O3.ClH/c15-14(5-6-14)13(19)17-9-7-16(8-10-17)11-3-1-2-4-12(11)18(20)21;/h1-4H,5-10,15H2;1H. The van der Waals surface area contributed by atoms with E-state index < -0.39 is 5.54 Å². The summed E-state index contributed by atoms with van der Waals surface area (Å²) in [6, 6.07) is 6.71. The molecule has 1 saturated heterocycles. The van der Waals surface area contributed by atoms with Crippen molar-refractivity contribution >= 4 is 29.7 Å². The minimum absolute atomic E-state index is 0. The predicted octanol–water partition coefficient (Wildman–Crippen LogP) is 1.16. The summed E-state index contributed by atoms with van der Waals surface area (Å²) < 4.78 is 0. The molecule has 0 unspecified atom stereocenters. The van der Waals surface area contributed by atoms with E-state index in [1.165, 1.54) is 6.07 Å². The van der Waals surface area contributed by atoms with E-state index in [1.807, 2.05) is 4.90 Å². The Morgan fingerprint density at radius 1 is 1.18 bits per heavy atom. The molecule has 0 spiro atoms. The van der Waals surface area contributed by atoms with Crippen molar-refractivity contribution in [2.45, 2.75) is 18.4 Å².